The van der Waals surface area contributed by atoms with Crippen LogP contribution >= 0.6 is 12.4 Å². The van der Waals surface area contributed by atoms with Crippen molar-refractivity contribution in [3.63, 3.8) is 0 Å². The van der Waals surface area contributed by atoms with Crippen LogP contribution in [0, 0.1) is 45.3 Å². The van der Waals surface area contributed by atoms with Gasteiger partial charge in [-0.25, -0.2) is 31.2 Å². The smallest absolute Gasteiger partial charge is 0.329 e. The Morgan fingerprint density at radius 1 is 0.659 bits per heavy atom. The van der Waals surface area contributed by atoms with E-state index in [0.29, 0.717) is 38.5 Å². The topological polar surface area (TPSA) is 241 Å². The second kappa shape index (κ2) is 25.0. The SMILES string of the molecule is CC(C)(C)[C@H](N)C(=O)N1C[C@H]2[C@@H]([C@H]1C(=O)OCc1ccccc1)C2(C)C.CC(C)(C)[C@H](NCNC1([C@@H]2CCS2(=O)=O)CCCCC1)C(=O)N1C[C@H]2[C@@H]([C@H]1C(=O)OCc1ccccc1)C2(C)C.Cl.O=C=NC1([C@@H]2CCS2(=O)=O)CCCCC1. The normalized spacial score (nSPS) is 29.6. The Bertz CT molecular complexity index is 2880. The molecule has 4 N–H and O–H groups in total. The van der Waals surface area contributed by atoms with E-state index in [0.717, 1.165) is 75.3 Å². The summed E-state index contributed by atoms with van der Waals surface area (Å²) >= 11 is 0. The number of aliphatic imine (C=N–C) groups is 1. The molecule has 4 saturated carbocycles. The monoisotopic (exact) mass is 1200 g/mol. The zero-order valence-electron chi connectivity index (χ0n) is 50.1. The maximum atomic E-state index is 14.2. The Morgan fingerprint density at radius 2 is 1.09 bits per heavy atom. The highest BCUT2D eigenvalue weighted by Gasteiger charge is 2.71. The second-order valence-corrected chi connectivity index (χ2v) is 32.6. The average Bonchev–Trinajstić information content (AvgIpc) is 3.05. The molecule has 0 aromatic heterocycles. The summed E-state index contributed by atoms with van der Waals surface area (Å²) in [6.07, 6.45) is 12.3. The van der Waals surface area contributed by atoms with Crippen LogP contribution in [0.1, 0.15) is 157 Å². The van der Waals surface area contributed by atoms with Gasteiger partial charge in [-0.05, 0) is 83.1 Å². The number of benzene rings is 2. The molecule has 10 atom stereocenters. The molecule has 10 rings (SSSR count). The molecule has 456 valence electrons. The lowest BCUT2D eigenvalue weighted by Gasteiger charge is -2.48. The van der Waals surface area contributed by atoms with Gasteiger partial charge in [0.25, 0.3) is 0 Å². The van der Waals surface area contributed by atoms with Gasteiger partial charge in [-0.15, -0.1) is 12.4 Å². The number of nitrogens with one attached hydrogen (secondary N) is 2. The molecule has 0 bridgehead atoms. The zero-order chi connectivity index (χ0) is 59.1. The Kier molecular flexibility index (Phi) is 19.9. The van der Waals surface area contributed by atoms with Crippen LogP contribution < -0.4 is 16.4 Å². The molecular weight excluding hydrogens is 1100 g/mol. The van der Waals surface area contributed by atoms with Crippen molar-refractivity contribution in [3.05, 3.63) is 71.8 Å². The van der Waals surface area contributed by atoms with Crippen molar-refractivity contribution in [2.45, 2.75) is 205 Å². The summed E-state index contributed by atoms with van der Waals surface area (Å²) in [6, 6.07) is 16.9. The summed E-state index contributed by atoms with van der Waals surface area (Å²) < 4.78 is 59.8. The van der Waals surface area contributed by atoms with Crippen LogP contribution in [0.25, 0.3) is 0 Å². The molecule has 4 aliphatic heterocycles. The van der Waals surface area contributed by atoms with Gasteiger partial charge in [0.2, 0.25) is 17.9 Å². The van der Waals surface area contributed by atoms with Gasteiger partial charge < -0.3 is 25.0 Å². The van der Waals surface area contributed by atoms with Crippen LogP contribution in [0.15, 0.2) is 65.7 Å². The first-order chi connectivity index (χ1) is 37.9. The molecule has 0 unspecified atom stereocenters. The lowest BCUT2D eigenvalue weighted by molar-refractivity contribution is -0.158. The first-order valence-corrected chi connectivity index (χ1v) is 33.1. The number of piperidine rings is 2. The fraction of sp³-hybridized carbons (Fsp3) is 0.726. The van der Waals surface area contributed by atoms with Gasteiger partial charge >= 0.3 is 11.9 Å². The summed E-state index contributed by atoms with van der Waals surface area (Å²) in [4.78, 5) is 71.2. The third-order valence-corrected chi connectivity index (χ3v) is 24.8. The van der Waals surface area contributed by atoms with E-state index in [2.05, 4.69) is 43.3 Å². The molecule has 4 heterocycles. The van der Waals surface area contributed by atoms with Gasteiger partial charge in [0.05, 0.1) is 39.6 Å². The highest BCUT2D eigenvalue weighted by atomic mass is 35.5. The number of nitrogens with two attached hydrogens (primary N) is 1. The summed E-state index contributed by atoms with van der Waals surface area (Å²) in [5, 5.41) is 6.29. The Labute approximate surface area is 494 Å². The highest BCUT2D eigenvalue weighted by Crippen LogP contribution is 2.66. The average molecular weight is 1200 g/mol. The van der Waals surface area contributed by atoms with E-state index in [1.807, 2.05) is 102 Å². The predicted octanol–water partition coefficient (Wildman–Crippen LogP) is 7.87. The molecular formula is C62H93ClN6O11S2. The molecule has 8 aliphatic rings. The van der Waals surface area contributed by atoms with Crippen molar-refractivity contribution < 1.29 is 50.3 Å². The van der Waals surface area contributed by atoms with Crippen molar-refractivity contribution in [1.29, 1.82) is 0 Å². The van der Waals surface area contributed by atoms with E-state index in [4.69, 9.17) is 15.2 Å². The van der Waals surface area contributed by atoms with Gasteiger partial charge in [-0.2, -0.15) is 4.99 Å². The number of esters is 2. The van der Waals surface area contributed by atoms with Crippen molar-refractivity contribution in [2.24, 2.45) is 56.1 Å². The number of rotatable bonds is 15. The number of carbonyl (C=O) groups excluding carboxylic acids is 5. The number of hydrogen-bond donors (Lipinski definition) is 3. The molecule has 2 aromatic carbocycles. The molecule has 17 nitrogen and oxygen atoms in total. The third kappa shape index (κ3) is 13.6. The number of amides is 2. The second-order valence-electron chi connectivity index (χ2n) is 28.0. The molecule has 4 aliphatic carbocycles. The number of fused-ring (bicyclic) bond motifs is 2. The van der Waals surface area contributed by atoms with Gasteiger partial charge in [-0.3, -0.25) is 20.2 Å². The quantitative estimate of drug-likeness (QED) is 0.0666. The molecule has 4 saturated heterocycles. The maximum absolute atomic E-state index is 14.2. The molecule has 2 aromatic rings. The molecule has 0 spiro atoms. The van der Waals surface area contributed by atoms with Crippen LogP contribution in [-0.4, -0.2) is 133 Å². The zero-order valence-corrected chi connectivity index (χ0v) is 52.6. The number of ether oxygens (including phenoxy) is 2. The minimum absolute atomic E-state index is 0. The van der Waals surface area contributed by atoms with Crippen molar-refractivity contribution in [3.8, 4) is 0 Å². The fourth-order valence-corrected chi connectivity index (χ4v) is 18.3. The largest absolute Gasteiger partial charge is 0.459 e. The van der Waals surface area contributed by atoms with E-state index < -0.39 is 65.6 Å². The first kappa shape index (κ1) is 65.3. The van der Waals surface area contributed by atoms with Crippen LogP contribution in [0.2, 0.25) is 0 Å². The van der Waals surface area contributed by atoms with Crippen molar-refractivity contribution in [2.75, 3.05) is 31.3 Å². The number of halogens is 1. The van der Waals surface area contributed by atoms with Crippen LogP contribution in [0.5, 0.6) is 0 Å². The van der Waals surface area contributed by atoms with Gasteiger partial charge in [-0.1, -0.05) is 168 Å². The first-order valence-electron chi connectivity index (χ1n) is 29.7. The third-order valence-electron chi connectivity index (χ3n) is 20.1. The molecule has 8 fully saturated rings. The molecule has 2 amide bonds. The minimum Gasteiger partial charge on any atom is -0.459 e. The van der Waals surface area contributed by atoms with Crippen molar-refractivity contribution >= 4 is 61.9 Å². The summed E-state index contributed by atoms with van der Waals surface area (Å²) in [5.41, 5.74) is 6.29. The summed E-state index contributed by atoms with van der Waals surface area (Å²) in [5.74, 6) is 0.496. The number of sulfone groups is 2. The lowest BCUT2D eigenvalue weighted by atomic mass is 9.78. The van der Waals surface area contributed by atoms with Crippen molar-refractivity contribution in [1.82, 2.24) is 20.4 Å². The molecule has 20 heteroatoms. The van der Waals surface area contributed by atoms with E-state index in [1.54, 1.807) is 15.9 Å². The standard InChI is InChI=1S/C31H47N3O5S.C21H30N2O3.C10H15NO3S.ClH/c1-29(2,3)26(32-20-33-31(15-10-7-11-16-31)23-14-17-40(23,37)38)27(35)34-18-22-24(30(22,4)5)25(34)28(36)39-19-21-12-8-6-9-13-21;1-20(2,3)17(22)18(24)23-11-14-15(21(14,4)5)16(23)19(25)26-12-13-9-7-6-8-10-13;12-8-11-10(5-2-1-3-6-10)9-4-7-15(9,13)14;/h6,8-9,12-13,22-26,32-33H,7,10-11,14-20H2,1-5H3;6-10,14-17H,11-12,22H2,1-5H3;9H,1-7H2;1H/t22-,23-,24-,25-,26+;14-,15-,16-,17+;9-;/m000./s1. The number of nitrogens with zero attached hydrogens (tertiary/aromatic N) is 3. The van der Waals surface area contributed by atoms with Gasteiger partial charge in [0.1, 0.15) is 25.3 Å². The minimum atomic E-state index is -3.06. The Morgan fingerprint density at radius 3 is 1.46 bits per heavy atom. The van der Waals surface area contributed by atoms with Gasteiger partial charge in [0.15, 0.2) is 19.7 Å². The van der Waals surface area contributed by atoms with E-state index in [9.17, 15) is 40.8 Å². The van der Waals surface area contributed by atoms with E-state index in [1.165, 1.54) is 0 Å². The fourth-order valence-electron chi connectivity index (χ4n) is 14.6. The summed E-state index contributed by atoms with van der Waals surface area (Å²) in [6.45, 7) is 22.5. The summed E-state index contributed by atoms with van der Waals surface area (Å²) in [7, 11) is -6.04. The highest BCUT2D eigenvalue weighted by molar-refractivity contribution is 7.93. The Balaban J connectivity index is 0.000000197. The van der Waals surface area contributed by atoms with E-state index in [-0.39, 0.29) is 100 Å². The number of hydrogen-bond acceptors (Lipinski definition) is 15. The molecule has 0 radical (unpaired) electrons. The maximum Gasteiger partial charge on any atom is 0.329 e. The number of isocyanates is 1. The van der Waals surface area contributed by atoms with Crippen LogP contribution in [0.3, 0.4) is 0 Å². The predicted molar refractivity (Wildman–Crippen MR) is 318 cm³/mol. The number of carbonyl (C=O) groups is 4. The lowest BCUT2D eigenvalue weighted by Crippen LogP contribution is -2.66. The number of likely N-dealkylation sites (tertiary alicyclic amines) is 2. The van der Waals surface area contributed by atoms with Gasteiger partial charge in [0, 0.05) is 37.1 Å². The van der Waals surface area contributed by atoms with Crippen LogP contribution in [0.4, 0.5) is 0 Å². The van der Waals surface area contributed by atoms with E-state index >= 15 is 0 Å². The Hall–Kier alpha value is -4.23. The van der Waals surface area contributed by atoms with Crippen LogP contribution in [-0.2, 0) is 66.3 Å². The molecule has 82 heavy (non-hydrogen) atoms.